The molecule has 1 aliphatic heterocycles. The first-order valence-electron chi connectivity index (χ1n) is 5.97. The second-order valence-corrected chi connectivity index (χ2v) is 6.05. The van der Waals surface area contributed by atoms with E-state index in [2.05, 4.69) is 36.3 Å². The number of nitrogens with zero attached hydrogens (tertiary/aromatic N) is 1. The van der Waals surface area contributed by atoms with Crippen molar-refractivity contribution < 1.29 is 0 Å². The lowest BCUT2D eigenvalue weighted by atomic mass is 9.78. The minimum absolute atomic E-state index is 0.617. The average Bonchev–Trinajstić information content (AvgIpc) is 2.75. The van der Waals surface area contributed by atoms with E-state index in [0.29, 0.717) is 5.41 Å². The molecule has 1 aromatic heterocycles. The van der Waals surface area contributed by atoms with Crippen molar-refractivity contribution in [3.8, 4) is 0 Å². The maximum atomic E-state index is 2.60. The highest BCUT2D eigenvalue weighted by Crippen LogP contribution is 2.34. The zero-order valence-corrected chi connectivity index (χ0v) is 10.6. The third-order valence-electron chi connectivity index (χ3n) is 3.88. The van der Waals surface area contributed by atoms with Crippen molar-refractivity contribution in [1.29, 1.82) is 0 Å². The van der Waals surface area contributed by atoms with Gasteiger partial charge in [0.25, 0.3) is 0 Å². The van der Waals surface area contributed by atoms with Crippen LogP contribution in [-0.2, 0) is 6.54 Å². The Kier molecular flexibility index (Phi) is 3.47. The Bertz CT molecular complexity index is 283. The summed E-state index contributed by atoms with van der Waals surface area (Å²) in [5, 5.41) is 2.18. The van der Waals surface area contributed by atoms with Crippen LogP contribution in [0.1, 0.15) is 38.0 Å². The Morgan fingerprint density at radius 1 is 1.40 bits per heavy atom. The fourth-order valence-electron chi connectivity index (χ4n) is 2.23. The van der Waals surface area contributed by atoms with Crippen molar-refractivity contribution in [2.75, 3.05) is 13.1 Å². The Morgan fingerprint density at radius 2 is 2.13 bits per heavy atom. The average molecular weight is 223 g/mol. The molecule has 0 bridgehead atoms. The normalized spacial score (nSPS) is 21.7. The molecule has 1 saturated heterocycles. The molecule has 2 heteroatoms. The summed E-state index contributed by atoms with van der Waals surface area (Å²) in [7, 11) is 0. The molecule has 15 heavy (non-hydrogen) atoms. The Balaban J connectivity index is 1.84. The van der Waals surface area contributed by atoms with Crippen LogP contribution in [0.3, 0.4) is 0 Å². The van der Waals surface area contributed by atoms with Crippen molar-refractivity contribution in [1.82, 2.24) is 4.90 Å². The Hall–Kier alpha value is -0.340. The number of piperidine rings is 1. The molecule has 0 N–H and O–H groups in total. The molecule has 1 fully saturated rings. The van der Waals surface area contributed by atoms with E-state index in [9.17, 15) is 0 Å². The smallest absolute Gasteiger partial charge is 0.0327 e. The molecule has 1 aliphatic rings. The van der Waals surface area contributed by atoms with Gasteiger partial charge in [-0.2, -0.15) is 0 Å². The zero-order valence-electron chi connectivity index (χ0n) is 9.83. The molecule has 0 aliphatic carbocycles. The van der Waals surface area contributed by atoms with Gasteiger partial charge in [0.15, 0.2) is 0 Å². The molecule has 84 valence electrons. The van der Waals surface area contributed by atoms with Crippen molar-refractivity contribution in [2.24, 2.45) is 5.41 Å². The quantitative estimate of drug-likeness (QED) is 0.754. The van der Waals surface area contributed by atoms with E-state index in [1.54, 1.807) is 0 Å². The van der Waals surface area contributed by atoms with Crippen LogP contribution in [0.4, 0.5) is 0 Å². The lowest BCUT2D eigenvalue weighted by Crippen LogP contribution is -2.37. The largest absolute Gasteiger partial charge is 0.298 e. The SMILES string of the molecule is CCC1(C)CCN(Cc2cccs2)CC1. The lowest BCUT2D eigenvalue weighted by Gasteiger charge is -2.38. The van der Waals surface area contributed by atoms with Gasteiger partial charge in [-0.1, -0.05) is 26.3 Å². The van der Waals surface area contributed by atoms with Crippen molar-refractivity contribution in [2.45, 2.75) is 39.7 Å². The van der Waals surface area contributed by atoms with Crippen LogP contribution in [0.2, 0.25) is 0 Å². The summed E-state index contributed by atoms with van der Waals surface area (Å²) in [6.45, 7) is 8.49. The topological polar surface area (TPSA) is 3.24 Å². The van der Waals surface area contributed by atoms with Crippen molar-refractivity contribution >= 4 is 11.3 Å². The van der Waals surface area contributed by atoms with E-state index in [-0.39, 0.29) is 0 Å². The highest BCUT2D eigenvalue weighted by molar-refractivity contribution is 7.09. The van der Waals surface area contributed by atoms with Gasteiger partial charge in [-0.05, 0) is 42.8 Å². The summed E-state index contributed by atoms with van der Waals surface area (Å²) >= 11 is 1.88. The van der Waals surface area contributed by atoms with Crippen molar-refractivity contribution in [3.05, 3.63) is 22.4 Å². The summed E-state index contributed by atoms with van der Waals surface area (Å²) in [5.74, 6) is 0. The fourth-order valence-corrected chi connectivity index (χ4v) is 2.97. The van der Waals surface area contributed by atoms with Crippen LogP contribution in [0.5, 0.6) is 0 Å². The number of hydrogen-bond donors (Lipinski definition) is 0. The maximum absolute atomic E-state index is 2.60. The van der Waals surface area contributed by atoms with Crippen LogP contribution >= 0.6 is 11.3 Å². The standard InChI is InChI=1S/C13H21NS/c1-3-13(2)6-8-14(9-7-13)11-12-5-4-10-15-12/h4-5,10H,3,6-9,11H2,1-2H3. The minimum Gasteiger partial charge on any atom is -0.298 e. The lowest BCUT2D eigenvalue weighted by molar-refractivity contribution is 0.110. The first-order chi connectivity index (χ1) is 7.22. The predicted molar refractivity (Wildman–Crippen MR) is 67.2 cm³/mol. The van der Waals surface area contributed by atoms with Gasteiger partial charge in [0.1, 0.15) is 0 Å². The monoisotopic (exact) mass is 223 g/mol. The van der Waals surface area contributed by atoms with Crippen LogP contribution < -0.4 is 0 Å². The maximum Gasteiger partial charge on any atom is 0.0327 e. The molecule has 2 heterocycles. The fraction of sp³-hybridized carbons (Fsp3) is 0.692. The highest BCUT2D eigenvalue weighted by atomic mass is 32.1. The van der Waals surface area contributed by atoms with E-state index < -0.39 is 0 Å². The molecular weight excluding hydrogens is 202 g/mol. The van der Waals surface area contributed by atoms with Crippen LogP contribution in [0, 0.1) is 5.41 Å². The summed E-state index contributed by atoms with van der Waals surface area (Å²) < 4.78 is 0. The summed E-state index contributed by atoms with van der Waals surface area (Å²) in [5.41, 5.74) is 0.617. The zero-order chi connectivity index (χ0) is 10.7. The second-order valence-electron chi connectivity index (χ2n) is 5.02. The minimum atomic E-state index is 0.617. The molecule has 0 saturated carbocycles. The molecule has 2 rings (SSSR count). The molecule has 0 amide bonds. The molecule has 0 aromatic carbocycles. The van der Waals surface area contributed by atoms with E-state index in [4.69, 9.17) is 0 Å². The molecule has 1 aromatic rings. The first-order valence-corrected chi connectivity index (χ1v) is 6.84. The second kappa shape index (κ2) is 4.67. The van der Waals surface area contributed by atoms with Gasteiger partial charge >= 0.3 is 0 Å². The number of hydrogen-bond acceptors (Lipinski definition) is 2. The predicted octanol–water partition coefficient (Wildman–Crippen LogP) is 3.76. The van der Waals surface area contributed by atoms with Crippen LogP contribution in [-0.4, -0.2) is 18.0 Å². The summed E-state index contributed by atoms with van der Waals surface area (Å²) in [6, 6.07) is 4.40. The number of thiophene rings is 1. The summed E-state index contributed by atoms with van der Waals surface area (Å²) in [4.78, 5) is 4.11. The highest BCUT2D eigenvalue weighted by Gasteiger charge is 2.27. The van der Waals surface area contributed by atoms with Crippen LogP contribution in [0.15, 0.2) is 17.5 Å². The van der Waals surface area contributed by atoms with Gasteiger partial charge in [0.05, 0.1) is 0 Å². The molecule has 0 atom stereocenters. The van der Waals surface area contributed by atoms with Crippen LogP contribution in [0.25, 0.3) is 0 Å². The molecule has 0 spiro atoms. The third-order valence-corrected chi connectivity index (χ3v) is 4.74. The van der Waals surface area contributed by atoms with E-state index in [1.807, 2.05) is 11.3 Å². The van der Waals surface area contributed by atoms with Gasteiger partial charge in [-0.25, -0.2) is 0 Å². The Labute approximate surface area is 97.1 Å². The first kappa shape index (κ1) is 11.2. The van der Waals surface area contributed by atoms with E-state index in [1.165, 1.54) is 37.2 Å². The van der Waals surface area contributed by atoms with E-state index >= 15 is 0 Å². The van der Waals surface area contributed by atoms with Gasteiger partial charge in [-0.3, -0.25) is 4.90 Å². The van der Waals surface area contributed by atoms with Crippen molar-refractivity contribution in [3.63, 3.8) is 0 Å². The van der Waals surface area contributed by atoms with Gasteiger partial charge in [0, 0.05) is 11.4 Å². The number of rotatable bonds is 3. The third kappa shape index (κ3) is 2.82. The number of likely N-dealkylation sites (tertiary alicyclic amines) is 1. The molecule has 1 nitrogen and oxygen atoms in total. The molecular formula is C13H21NS. The van der Waals surface area contributed by atoms with E-state index in [0.717, 1.165) is 6.54 Å². The van der Waals surface area contributed by atoms with Gasteiger partial charge < -0.3 is 0 Å². The molecule has 0 unspecified atom stereocenters. The van der Waals surface area contributed by atoms with Gasteiger partial charge in [-0.15, -0.1) is 11.3 Å². The Morgan fingerprint density at radius 3 is 2.67 bits per heavy atom. The summed E-state index contributed by atoms with van der Waals surface area (Å²) in [6.07, 6.45) is 4.07. The molecule has 0 radical (unpaired) electrons. The van der Waals surface area contributed by atoms with Gasteiger partial charge in [0.2, 0.25) is 0 Å².